The van der Waals surface area contributed by atoms with Gasteiger partial charge in [-0.1, -0.05) is 36.4 Å². The van der Waals surface area contributed by atoms with Crippen molar-refractivity contribution in [2.75, 3.05) is 0 Å². The topological polar surface area (TPSA) is 74.3 Å². The van der Waals surface area contributed by atoms with Gasteiger partial charge in [-0.3, -0.25) is 4.79 Å². The van der Waals surface area contributed by atoms with Crippen molar-refractivity contribution in [3.8, 4) is 0 Å². The summed E-state index contributed by atoms with van der Waals surface area (Å²) in [7, 11) is -4.94. The van der Waals surface area contributed by atoms with Crippen LogP contribution in [0.3, 0.4) is 0 Å². The van der Waals surface area contributed by atoms with Crippen LogP contribution in [0.25, 0.3) is 10.8 Å². The Hall–Kier alpha value is -0.720. The zero-order valence-electron chi connectivity index (χ0n) is 9.08. The van der Waals surface area contributed by atoms with Crippen molar-refractivity contribution in [2.24, 2.45) is 0 Å². The molecule has 0 aliphatic heterocycles. The zero-order valence-corrected chi connectivity index (χ0v) is 11.9. The van der Waals surface area contributed by atoms with Gasteiger partial charge < -0.3 is 4.55 Å². The molecule has 4 nitrogen and oxygen atoms in total. The molecule has 0 aliphatic rings. The molecular formula is C11H7NaO4S. The van der Waals surface area contributed by atoms with Crippen LogP contribution in [-0.4, -0.2) is 18.1 Å². The van der Waals surface area contributed by atoms with E-state index in [-0.39, 0.29) is 35.1 Å². The van der Waals surface area contributed by atoms with Gasteiger partial charge in [0.15, 0.2) is 10.1 Å². The van der Waals surface area contributed by atoms with E-state index < -0.39 is 15.2 Å². The Kier molecular flexibility index (Phi) is 4.46. The minimum absolute atomic E-state index is 0. The molecule has 2 aromatic carbocycles. The van der Waals surface area contributed by atoms with Gasteiger partial charge in [0, 0.05) is 5.56 Å². The molecule has 0 spiro atoms. The first-order chi connectivity index (χ1) is 7.50. The van der Waals surface area contributed by atoms with E-state index in [1.54, 1.807) is 36.4 Å². The van der Waals surface area contributed by atoms with Gasteiger partial charge in [-0.15, -0.1) is 0 Å². The molecule has 0 saturated carbocycles. The Labute approximate surface area is 121 Å². The van der Waals surface area contributed by atoms with E-state index in [0.717, 1.165) is 5.39 Å². The number of carbonyl (C=O) groups excluding carboxylic acids is 1. The summed E-state index contributed by atoms with van der Waals surface area (Å²) in [5.74, 6) is 0. The zero-order chi connectivity index (χ0) is 11.8. The molecular weight excluding hydrogens is 251 g/mol. The van der Waals surface area contributed by atoms with Crippen molar-refractivity contribution in [3.05, 3.63) is 48.0 Å². The Bertz CT molecular complexity index is 659. The van der Waals surface area contributed by atoms with Crippen molar-refractivity contribution < 1.29 is 47.3 Å². The van der Waals surface area contributed by atoms with Gasteiger partial charge in [0.25, 0.3) is 5.12 Å². The second-order valence-corrected chi connectivity index (χ2v) is 4.55. The van der Waals surface area contributed by atoms with Crippen LogP contribution >= 0.6 is 0 Å². The quantitative estimate of drug-likeness (QED) is 0.462. The van der Waals surface area contributed by atoms with Crippen LogP contribution in [0.4, 0.5) is 0 Å². The first-order valence-corrected chi connectivity index (χ1v) is 5.89. The smallest absolute Gasteiger partial charge is 0.742 e. The van der Waals surface area contributed by atoms with E-state index in [2.05, 4.69) is 0 Å². The Balaban J connectivity index is 0.00000144. The second kappa shape index (κ2) is 5.29. The fraction of sp³-hybridized carbons (Fsp3) is 0. The van der Waals surface area contributed by atoms with Crippen LogP contribution in [0.1, 0.15) is 10.4 Å². The molecule has 0 aliphatic carbocycles. The number of rotatable bonds is 1. The average Bonchev–Trinajstić information content (AvgIpc) is 2.26. The monoisotopic (exact) mass is 258 g/mol. The molecule has 17 heavy (non-hydrogen) atoms. The predicted octanol–water partition coefficient (Wildman–Crippen LogP) is -1.47. The SMILES string of the molecule is O=C(c1cccc2ccccc12)S(=O)(=O)[O-].[Na+]. The first kappa shape index (κ1) is 14.3. The van der Waals surface area contributed by atoms with Crippen molar-refractivity contribution in [3.63, 3.8) is 0 Å². The number of benzene rings is 2. The van der Waals surface area contributed by atoms with Crippen molar-refractivity contribution in [2.45, 2.75) is 0 Å². The molecule has 2 aromatic rings. The summed E-state index contributed by atoms with van der Waals surface area (Å²) < 4.78 is 32.0. The van der Waals surface area contributed by atoms with Crippen LogP contribution in [-0.2, 0) is 10.1 Å². The third-order valence-corrected chi connectivity index (χ3v) is 2.91. The van der Waals surface area contributed by atoms with Gasteiger partial charge in [0.05, 0.1) is 0 Å². The molecule has 0 unspecified atom stereocenters. The standard InChI is InChI=1S/C11H8O4S.Na/c12-11(16(13,14)15)10-7-3-5-8-4-1-2-6-9(8)10;/h1-7H,(H,13,14,15);/q;+1/p-1. The van der Waals surface area contributed by atoms with Crippen LogP contribution in [0, 0.1) is 0 Å². The maximum atomic E-state index is 11.4. The van der Waals surface area contributed by atoms with Gasteiger partial charge in [0.2, 0.25) is 0 Å². The molecule has 0 heterocycles. The average molecular weight is 258 g/mol. The van der Waals surface area contributed by atoms with Gasteiger partial charge in [0.1, 0.15) is 0 Å². The molecule has 0 fully saturated rings. The molecule has 0 radical (unpaired) electrons. The number of hydrogen-bond donors (Lipinski definition) is 0. The summed E-state index contributed by atoms with van der Waals surface area (Å²) in [4.78, 5) is 11.4. The minimum Gasteiger partial charge on any atom is -0.742 e. The van der Waals surface area contributed by atoms with Crippen LogP contribution < -0.4 is 29.6 Å². The molecule has 0 bridgehead atoms. The Morgan fingerprint density at radius 2 is 1.59 bits per heavy atom. The largest absolute Gasteiger partial charge is 1.00 e. The minimum atomic E-state index is -4.94. The van der Waals surface area contributed by atoms with E-state index in [1.807, 2.05) is 0 Å². The van der Waals surface area contributed by atoms with Crippen LogP contribution in [0.15, 0.2) is 42.5 Å². The molecule has 2 rings (SSSR count). The number of hydrogen-bond acceptors (Lipinski definition) is 4. The van der Waals surface area contributed by atoms with Gasteiger partial charge >= 0.3 is 29.6 Å². The normalized spacial score (nSPS) is 10.9. The molecule has 0 aromatic heterocycles. The summed E-state index contributed by atoms with van der Waals surface area (Å²) in [5.41, 5.74) is -0.0758. The summed E-state index contributed by atoms with van der Waals surface area (Å²) in [5, 5.41) is -0.198. The summed E-state index contributed by atoms with van der Waals surface area (Å²) in [6.45, 7) is 0. The third-order valence-electron chi connectivity index (χ3n) is 2.24. The molecule has 0 amide bonds. The maximum absolute atomic E-state index is 11.4. The van der Waals surface area contributed by atoms with E-state index in [4.69, 9.17) is 0 Å². The number of fused-ring (bicyclic) bond motifs is 1. The molecule has 0 saturated heterocycles. The van der Waals surface area contributed by atoms with Crippen LogP contribution in [0.2, 0.25) is 0 Å². The predicted molar refractivity (Wildman–Crippen MR) is 58.0 cm³/mol. The molecule has 0 N–H and O–H groups in total. The van der Waals surface area contributed by atoms with Crippen molar-refractivity contribution in [1.29, 1.82) is 0 Å². The van der Waals surface area contributed by atoms with Gasteiger partial charge in [-0.25, -0.2) is 8.42 Å². The summed E-state index contributed by atoms with van der Waals surface area (Å²) >= 11 is 0. The summed E-state index contributed by atoms with van der Waals surface area (Å²) in [6.07, 6.45) is 0. The van der Waals surface area contributed by atoms with E-state index in [1.165, 1.54) is 6.07 Å². The second-order valence-electron chi connectivity index (χ2n) is 3.27. The first-order valence-electron chi connectivity index (χ1n) is 4.48. The van der Waals surface area contributed by atoms with E-state index in [9.17, 15) is 17.8 Å². The molecule has 0 atom stereocenters. The van der Waals surface area contributed by atoms with Gasteiger partial charge in [-0.05, 0) is 16.8 Å². The van der Waals surface area contributed by atoms with E-state index >= 15 is 0 Å². The van der Waals surface area contributed by atoms with Crippen molar-refractivity contribution >= 4 is 26.0 Å². The fourth-order valence-electron chi connectivity index (χ4n) is 1.54. The Morgan fingerprint density at radius 1 is 1.00 bits per heavy atom. The third kappa shape index (κ3) is 2.94. The maximum Gasteiger partial charge on any atom is 1.00 e. The van der Waals surface area contributed by atoms with Gasteiger partial charge in [-0.2, -0.15) is 0 Å². The molecule has 6 heteroatoms. The molecule has 82 valence electrons. The number of carbonyl (C=O) groups is 1. The van der Waals surface area contributed by atoms with Crippen molar-refractivity contribution in [1.82, 2.24) is 0 Å². The Morgan fingerprint density at radius 3 is 2.24 bits per heavy atom. The fourth-order valence-corrected chi connectivity index (χ4v) is 1.99. The van der Waals surface area contributed by atoms with Crippen LogP contribution in [0.5, 0.6) is 0 Å². The summed E-state index contributed by atoms with van der Waals surface area (Å²) in [6, 6.07) is 11.4. The van der Waals surface area contributed by atoms with E-state index in [0.29, 0.717) is 5.39 Å².